The zero-order valence-electron chi connectivity index (χ0n) is 8.36. The topological polar surface area (TPSA) is 12.0 Å². The smallest absolute Gasteiger partial charge is 0.194 e. The number of benzene rings is 1. The van der Waals surface area contributed by atoms with Crippen LogP contribution in [0.3, 0.4) is 0 Å². The van der Waals surface area contributed by atoms with Crippen LogP contribution >= 0.6 is 0 Å². The number of nitrogens with one attached hydrogen (secondary N) is 1. The Hall–Kier alpha value is -1.29. The lowest BCUT2D eigenvalue weighted by atomic mass is 10.2. The van der Waals surface area contributed by atoms with E-state index in [-0.39, 0.29) is 12.6 Å². The van der Waals surface area contributed by atoms with Gasteiger partial charge in [0.05, 0.1) is 0 Å². The highest BCUT2D eigenvalue weighted by atomic mass is 19.2. The van der Waals surface area contributed by atoms with Crippen LogP contribution in [0.25, 0.3) is 0 Å². The van der Waals surface area contributed by atoms with Crippen molar-refractivity contribution in [2.75, 3.05) is 0 Å². The molecule has 0 aliphatic heterocycles. The van der Waals surface area contributed by atoms with Crippen molar-refractivity contribution in [1.82, 2.24) is 5.32 Å². The van der Waals surface area contributed by atoms with E-state index in [4.69, 9.17) is 0 Å². The molecule has 15 heavy (non-hydrogen) atoms. The van der Waals surface area contributed by atoms with Crippen molar-refractivity contribution < 1.29 is 13.2 Å². The Morgan fingerprint density at radius 1 is 1.33 bits per heavy atom. The molecule has 0 fully saturated rings. The molecule has 0 aliphatic carbocycles. The molecule has 1 nitrogen and oxygen atoms in total. The van der Waals surface area contributed by atoms with E-state index in [1.54, 1.807) is 6.08 Å². The molecule has 0 bridgehead atoms. The number of halogens is 3. The summed E-state index contributed by atoms with van der Waals surface area (Å²) in [5.41, 5.74) is 0.361. The second-order valence-electron chi connectivity index (χ2n) is 3.28. The minimum Gasteiger partial charge on any atom is -0.307 e. The first-order valence-electron chi connectivity index (χ1n) is 4.54. The van der Waals surface area contributed by atoms with Crippen molar-refractivity contribution >= 4 is 0 Å². The zero-order valence-corrected chi connectivity index (χ0v) is 8.36. The summed E-state index contributed by atoms with van der Waals surface area (Å²) in [4.78, 5) is 0. The van der Waals surface area contributed by atoms with E-state index in [2.05, 4.69) is 11.9 Å². The summed E-state index contributed by atoms with van der Waals surface area (Å²) >= 11 is 0. The highest BCUT2D eigenvalue weighted by Gasteiger charge is 2.10. The van der Waals surface area contributed by atoms with Crippen LogP contribution in [-0.2, 0) is 6.54 Å². The molecule has 0 aliphatic rings. The Morgan fingerprint density at radius 2 is 1.87 bits per heavy atom. The second-order valence-corrected chi connectivity index (χ2v) is 3.28. The average Bonchev–Trinajstić information content (AvgIpc) is 2.22. The predicted octanol–water partition coefficient (Wildman–Crippen LogP) is 2.77. The van der Waals surface area contributed by atoms with Gasteiger partial charge in [-0.15, -0.1) is 6.58 Å². The molecule has 1 aromatic rings. The van der Waals surface area contributed by atoms with Gasteiger partial charge in [-0.2, -0.15) is 0 Å². The van der Waals surface area contributed by atoms with Crippen molar-refractivity contribution in [2.45, 2.75) is 19.5 Å². The molecule has 1 unspecified atom stereocenters. The third-order valence-electron chi connectivity index (χ3n) is 2.03. The van der Waals surface area contributed by atoms with Gasteiger partial charge in [-0.25, -0.2) is 13.2 Å². The van der Waals surface area contributed by atoms with E-state index in [1.165, 1.54) is 0 Å². The van der Waals surface area contributed by atoms with Gasteiger partial charge in [-0.3, -0.25) is 0 Å². The Balaban J connectivity index is 2.74. The van der Waals surface area contributed by atoms with Crippen molar-refractivity contribution in [3.05, 3.63) is 47.8 Å². The first-order valence-corrected chi connectivity index (χ1v) is 4.54. The van der Waals surface area contributed by atoms with E-state index in [9.17, 15) is 13.2 Å². The Bertz CT molecular complexity index is 340. The van der Waals surface area contributed by atoms with Gasteiger partial charge < -0.3 is 5.32 Å². The number of rotatable bonds is 4. The molecule has 0 saturated carbocycles. The molecule has 1 atom stereocenters. The van der Waals surface area contributed by atoms with E-state index in [0.29, 0.717) is 5.56 Å². The largest absolute Gasteiger partial charge is 0.307 e. The standard InChI is InChI=1S/C11H12F3N/c1-3-7(2)15-6-8-4-9(12)11(14)10(13)5-8/h3-5,7,15H,1,6H2,2H3. The van der Waals surface area contributed by atoms with Crippen molar-refractivity contribution in [3.63, 3.8) is 0 Å². The highest BCUT2D eigenvalue weighted by Crippen LogP contribution is 2.13. The number of hydrogen-bond acceptors (Lipinski definition) is 1. The molecule has 82 valence electrons. The molecular weight excluding hydrogens is 203 g/mol. The lowest BCUT2D eigenvalue weighted by Gasteiger charge is -2.09. The lowest BCUT2D eigenvalue weighted by Crippen LogP contribution is -2.23. The summed E-state index contributed by atoms with van der Waals surface area (Å²) in [5.74, 6) is -3.77. The normalized spacial score (nSPS) is 12.5. The fourth-order valence-corrected chi connectivity index (χ4v) is 1.07. The monoisotopic (exact) mass is 215 g/mol. The SMILES string of the molecule is C=CC(C)NCc1cc(F)c(F)c(F)c1. The van der Waals surface area contributed by atoms with Crippen LogP contribution in [-0.4, -0.2) is 6.04 Å². The Labute approximate surface area is 86.6 Å². The van der Waals surface area contributed by atoms with E-state index in [0.717, 1.165) is 12.1 Å². The van der Waals surface area contributed by atoms with Gasteiger partial charge in [-0.05, 0) is 24.6 Å². The van der Waals surface area contributed by atoms with Crippen LogP contribution in [0.1, 0.15) is 12.5 Å². The summed E-state index contributed by atoms with van der Waals surface area (Å²) in [6, 6.07) is 1.98. The van der Waals surface area contributed by atoms with Crippen LogP contribution in [0.15, 0.2) is 24.8 Å². The van der Waals surface area contributed by atoms with Crippen LogP contribution in [0.5, 0.6) is 0 Å². The predicted molar refractivity (Wildman–Crippen MR) is 52.8 cm³/mol. The first-order chi connectivity index (χ1) is 7.04. The van der Waals surface area contributed by atoms with Crippen molar-refractivity contribution in [1.29, 1.82) is 0 Å². The maximum Gasteiger partial charge on any atom is 0.194 e. The lowest BCUT2D eigenvalue weighted by molar-refractivity contribution is 0.444. The van der Waals surface area contributed by atoms with Gasteiger partial charge in [0.2, 0.25) is 0 Å². The summed E-state index contributed by atoms with van der Waals surface area (Å²) in [6.45, 7) is 5.67. The quantitative estimate of drug-likeness (QED) is 0.601. The molecular formula is C11H12F3N. The van der Waals surface area contributed by atoms with Gasteiger partial charge in [0.1, 0.15) is 0 Å². The summed E-state index contributed by atoms with van der Waals surface area (Å²) in [5, 5.41) is 2.95. The third kappa shape index (κ3) is 3.09. The fourth-order valence-electron chi connectivity index (χ4n) is 1.07. The average molecular weight is 215 g/mol. The van der Waals surface area contributed by atoms with Crippen LogP contribution in [0.2, 0.25) is 0 Å². The minimum atomic E-state index is -1.43. The molecule has 0 aromatic heterocycles. The molecule has 0 radical (unpaired) electrons. The third-order valence-corrected chi connectivity index (χ3v) is 2.03. The second kappa shape index (κ2) is 4.98. The van der Waals surface area contributed by atoms with Crippen LogP contribution < -0.4 is 5.32 Å². The molecule has 1 aromatic carbocycles. The fraction of sp³-hybridized carbons (Fsp3) is 0.273. The molecule has 0 amide bonds. The van der Waals surface area contributed by atoms with Gasteiger partial charge in [0.15, 0.2) is 17.5 Å². The maximum absolute atomic E-state index is 12.8. The minimum absolute atomic E-state index is 0.0289. The summed E-state index contributed by atoms with van der Waals surface area (Å²) < 4.78 is 38.2. The Morgan fingerprint density at radius 3 is 2.33 bits per heavy atom. The van der Waals surface area contributed by atoms with Crippen LogP contribution in [0.4, 0.5) is 13.2 Å². The van der Waals surface area contributed by atoms with Crippen LogP contribution in [0, 0.1) is 17.5 Å². The van der Waals surface area contributed by atoms with Gasteiger partial charge >= 0.3 is 0 Å². The van der Waals surface area contributed by atoms with E-state index < -0.39 is 17.5 Å². The van der Waals surface area contributed by atoms with E-state index >= 15 is 0 Å². The van der Waals surface area contributed by atoms with Gasteiger partial charge in [-0.1, -0.05) is 6.08 Å². The number of hydrogen-bond donors (Lipinski definition) is 1. The van der Waals surface area contributed by atoms with Gasteiger partial charge in [0.25, 0.3) is 0 Å². The maximum atomic E-state index is 12.8. The van der Waals surface area contributed by atoms with Gasteiger partial charge in [0, 0.05) is 12.6 Å². The molecule has 0 spiro atoms. The molecule has 4 heteroatoms. The zero-order chi connectivity index (χ0) is 11.4. The molecule has 1 rings (SSSR count). The van der Waals surface area contributed by atoms with Crippen molar-refractivity contribution in [2.24, 2.45) is 0 Å². The highest BCUT2D eigenvalue weighted by molar-refractivity contribution is 5.19. The first kappa shape index (κ1) is 11.8. The Kier molecular flexibility index (Phi) is 3.91. The van der Waals surface area contributed by atoms with Crippen molar-refractivity contribution in [3.8, 4) is 0 Å². The van der Waals surface area contributed by atoms with E-state index in [1.807, 2.05) is 6.92 Å². The molecule has 1 N–H and O–H groups in total. The molecule has 0 saturated heterocycles. The summed E-state index contributed by atoms with van der Waals surface area (Å²) in [7, 11) is 0. The molecule has 0 heterocycles. The summed E-state index contributed by atoms with van der Waals surface area (Å²) in [6.07, 6.45) is 1.66.